The van der Waals surface area contributed by atoms with Gasteiger partial charge in [-0.3, -0.25) is 14.6 Å². The summed E-state index contributed by atoms with van der Waals surface area (Å²) in [7, 11) is 1.42. The lowest BCUT2D eigenvalue weighted by Crippen LogP contribution is -2.54. The summed E-state index contributed by atoms with van der Waals surface area (Å²) in [5.74, 6) is 0.496. The van der Waals surface area contributed by atoms with Crippen LogP contribution in [0.15, 0.2) is 0 Å². The highest BCUT2D eigenvalue weighted by Crippen LogP contribution is 2.27. The molecular formula is C21H38N4O4. The molecule has 8 nitrogen and oxygen atoms in total. The van der Waals surface area contributed by atoms with E-state index in [0.29, 0.717) is 18.5 Å². The largest absolute Gasteiger partial charge is 0.468 e. The van der Waals surface area contributed by atoms with Gasteiger partial charge in [0.25, 0.3) is 0 Å². The van der Waals surface area contributed by atoms with Gasteiger partial charge in [-0.2, -0.15) is 0 Å². The number of ether oxygens (including phenoxy) is 2. The van der Waals surface area contributed by atoms with Crippen LogP contribution < -0.4 is 0 Å². The highest BCUT2D eigenvalue weighted by molar-refractivity contribution is 5.71. The number of piperidine rings is 1. The molecule has 3 heterocycles. The Bertz CT molecular complexity index is 557. The average Bonchev–Trinajstić information content (AvgIpc) is 3.00. The maximum Gasteiger partial charge on any atom is 0.411 e. The second kappa shape index (κ2) is 10.1. The topological polar surface area (TPSA) is 65.6 Å². The molecule has 0 bridgehead atoms. The lowest BCUT2D eigenvalue weighted by Gasteiger charge is -2.38. The first kappa shape index (κ1) is 22.3. The minimum Gasteiger partial charge on any atom is -0.468 e. The number of rotatable bonds is 7. The Labute approximate surface area is 175 Å². The molecule has 0 spiro atoms. The lowest BCUT2D eigenvalue weighted by atomic mass is 9.92. The number of amides is 1. The van der Waals surface area contributed by atoms with Crippen molar-refractivity contribution in [3.63, 3.8) is 0 Å². The summed E-state index contributed by atoms with van der Waals surface area (Å²) < 4.78 is 10.5. The predicted molar refractivity (Wildman–Crippen MR) is 111 cm³/mol. The summed E-state index contributed by atoms with van der Waals surface area (Å²) in [4.78, 5) is 32.7. The number of piperazine rings is 1. The summed E-state index contributed by atoms with van der Waals surface area (Å²) in [5.41, 5.74) is 0. The third kappa shape index (κ3) is 5.61. The van der Waals surface area contributed by atoms with Crippen molar-refractivity contribution >= 4 is 12.1 Å². The van der Waals surface area contributed by atoms with Crippen LogP contribution in [0.4, 0.5) is 4.79 Å². The third-order valence-corrected chi connectivity index (χ3v) is 6.87. The third-order valence-electron chi connectivity index (χ3n) is 6.87. The first-order valence-electron chi connectivity index (χ1n) is 11.1. The van der Waals surface area contributed by atoms with E-state index in [-0.39, 0.29) is 24.3 Å². The highest BCUT2D eigenvalue weighted by Gasteiger charge is 2.42. The standard InChI is InChI=1S/C21H38N4O4/c1-16(2)23-8-5-18(6-9-23)7-10-25-17(3)20(29-21(25)27)24-13-11-22(12-14-24)15-19(26)28-4/h16-18,20H,5-15H2,1-4H3. The molecule has 8 heteroatoms. The van der Waals surface area contributed by atoms with Crippen molar-refractivity contribution in [3.8, 4) is 0 Å². The molecule has 2 unspecified atom stereocenters. The molecule has 3 aliphatic heterocycles. The zero-order valence-corrected chi connectivity index (χ0v) is 18.5. The molecule has 3 saturated heterocycles. The Morgan fingerprint density at radius 2 is 1.79 bits per heavy atom. The lowest BCUT2D eigenvalue weighted by molar-refractivity contribution is -0.142. The molecule has 166 valence electrons. The Morgan fingerprint density at radius 1 is 1.14 bits per heavy atom. The molecule has 0 radical (unpaired) electrons. The van der Waals surface area contributed by atoms with Crippen LogP contribution >= 0.6 is 0 Å². The molecule has 1 amide bonds. The van der Waals surface area contributed by atoms with Crippen molar-refractivity contribution in [1.82, 2.24) is 19.6 Å². The van der Waals surface area contributed by atoms with Crippen LogP contribution in [-0.2, 0) is 14.3 Å². The fraction of sp³-hybridized carbons (Fsp3) is 0.905. The highest BCUT2D eigenvalue weighted by atomic mass is 16.6. The van der Waals surface area contributed by atoms with E-state index >= 15 is 0 Å². The van der Waals surface area contributed by atoms with Crippen LogP contribution in [0.5, 0.6) is 0 Å². The van der Waals surface area contributed by atoms with Gasteiger partial charge < -0.3 is 19.3 Å². The van der Waals surface area contributed by atoms with Crippen molar-refractivity contribution in [1.29, 1.82) is 0 Å². The fourth-order valence-electron chi connectivity index (χ4n) is 4.77. The first-order chi connectivity index (χ1) is 13.9. The van der Waals surface area contributed by atoms with Crippen LogP contribution in [-0.4, -0.2) is 109 Å². The molecule has 2 atom stereocenters. The number of hydrogen-bond donors (Lipinski definition) is 0. The molecule has 3 rings (SSSR count). The second-order valence-corrected chi connectivity index (χ2v) is 8.96. The van der Waals surface area contributed by atoms with Gasteiger partial charge in [0.05, 0.1) is 19.7 Å². The molecule has 0 aromatic rings. The Kier molecular flexibility index (Phi) is 7.76. The van der Waals surface area contributed by atoms with Crippen LogP contribution in [0.1, 0.15) is 40.0 Å². The van der Waals surface area contributed by atoms with Crippen molar-refractivity contribution in [3.05, 3.63) is 0 Å². The number of carbonyl (C=O) groups is 2. The Morgan fingerprint density at radius 3 is 2.38 bits per heavy atom. The Balaban J connectivity index is 1.43. The summed E-state index contributed by atoms with van der Waals surface area (Å²) in [6, 6.07) is 0.684. The number of likely N-dealkylation sites (tertiary alicyclic amines) is 1. The van der Waals surface area contributed by atoms with E-state index in [1.54, 1.807) is 0 Å². The van der Waals surface area contributed by atoms with Gasteiger partial charge in [0.15, 0.2) is 6.23 Å². The molecule has 0 aromatic heterocycles. The van der Waals surface area contributed by atoms with Gasteiger partial charge in [-0.15, -0.1) is 0 Å². The monoisotopic (exact) mass is 410 g/mol. The minimum absolute atomic E-state index is 0.0606. The summed E-state index contributed by atoms with van der Waals surface area (Å²) >= 11 is 0. The van der Waals surface area contributed by atoms with E-state index in [1.807, 2.05) is 4.90 Å². The van der Waals surface area contributed by atoms with Gasteiger partial charge in [0.1, 0.15) is 0 Å². The fourth-order valence-corrected chi connectivity index (χ4v) is 4.77. The number of methoxy groups -OCH3 is 1. The van der Waals surface area contributed by atoms with E-state index < -0.39 is 0 Å². The number of carbonyl (C=O) groups excluding carboxylic acids is 2. The van der Waals surface area contributed by atoms with E-state index in [2.05, 4.69) is 35.5 Å². The average molecular weight is 411 g/mol. The van der Waals surface area contributed by atoms with Gasteiger partial charge in [-0.05, 0) is 59.0 Å². The molecule has 3 aliphatic rings. The van der Waals surface area contributed by atoms with Gasteiger partial charge in [-0.25, -0.2) is 4.79 Å². The van der Waals surface area contributed by atoms with Crippen molar-refractivity contribution in [2.24, 2.45) is 5.92 Å². The molecule has 0 saturated carbocycles. The van der Waals surface area contributed by atoms with Crippen LogP contribution in [0.2, 0.25) is 0 Å². The predicted octanol–water partition coefficient (Wildman–Crippen LogP) is 1.45. The normalized spacial score (nSPS) is 28.2. The van der Waals surface area contributed by atoms with E-state index in [0.717, 1.165) is 39.1 Å². The molecule has 0 aromatic carbocycles. The maximum absolute atomic E-state index is 12.5. The summed E-state index contributed by atoms with van der Waals surface area (Å²) in [5, 5.41) is 0. The van der Waals surface area contributed by atoms with Crippen LogP contribution in [0.3, 0.4) is 0 Å². The smallest absolute Gasteiger partial charge is 0.411 e. The zero-order valence-electron chi connectivity index (χ0n) is 18.5. The number of cyclic esters (lactones) is 1. The molecule has 29 heavy (non-hydrogen) atoms. The van der Waals surface area contributed by atoms with Gasteiger partial charge in [0.2, 0.25) is 0 Å². The molecule has 0 N–H and O–H groups in total. The molecule has 3 fully saturated rings. The summed E-state index contributed by atoms with van der Waals surface area (Å²) in [6.07, 6.45) is 3.14. The second-order valence-electron chi connectivity index (χ2n) is 8.96. The van der Waals surface area contributed by atoms with Gasteiger partial charge >= 0.3 is 12.1 Å². The first-order valence-corrected chi connectivity index (χ1v) is 11.1. The van der Waals surface area contributed by atoms with Crippen LogP contribution in [0, 0.1) is 5.92 Å². The molecular weight excluding hydrogens is 372 g/mol. The van der Waals surface area contributed by atoms with Gasteiger partial charge in [-0.1, -0.05) is 0 Å². The quantitative estimate of drug-likeness (QED) is 0.589. The van der Waals surface area contributed by atoms with Gasteiger partial charge in [0, 0.05) is 38.8 Å². The van der Waals surface area contributed by atoms with Crippen molar-refractivity contribution in [2.45, 2.75) is 58.3 Å². The Hall–Kier alpha value is -1.38. The zero-order chi connectivity index (χ0) is 21.0. The van der Waals surface area contributed by atoms with E-state index in [9.17, 15) is 9.59 Å². The maximum atomic E-state index is 12.5. The number of hydrogen-bond acceptors (Lipinski definition) is 7. The van der Waals surface area contributed by atoms with E-state index in [4.69, 9.17) is 9.47 Å². The van der Waals surface area contributed by atoms with Crippen molar-refractivity contribution < 1.29 is 19.1 Å². The van der Waals surface area contributed by atoms with E-state index in [1.165, 1.54) is 33.0 Å². The van der Waals surface area contributed by atoms with Crippen molar-refractivity contribution in [2.75, 3.05) is 59.5 Å². The summed E-state index contributed by atoms with van der Waals surface area (Å²) in [6.45, 7) is 13.2. The SMILES string of the molecule is COC(=O)CN1CCN(C2OC(=O)N(CCC3CCN(C(C)C)CC3)C2C)CC1. The number of nitrogens with zero attached hydrogens (tertiary/aromatic N) is 4. The van der Waals surface area contributed by atoms with Crippen LogP contribution in [0.25, 0.3) is 0 Å². The number of esters is 1. The minimum atomic E-state index is -0.204. The molecule has 0 aliphatic carbocycles.